The molecule has 2 aromatic heterocycles. The van der Waals surface area contributed by atoms with Crippen LogP contribution < -0.4 is 5.32 Å². The molecule has 0 unspecified atom stereocenters. The molecule has 2 aromatic rings. The van der Waals surface area contributed by atoms with E-state index < -0.39 is 0 Å². The maximum Gasteiger partial charge on any atom is 0.138 e. The maximum absolute atomic E-state index is 5.98. The van der Waals surface area contributed by atoms with E-state index in [1.807, 2.05) is 19.9 Å². The van der Waals surface area contributed by atoms with Crippen LogP contribution >= 0.6 is 38.9 Å². The quantitative estimate of drug-likeness (QED) is 0.915. The van der Waals surface area contributed by atoms with Gasteiger partial charge in [-0.3, -0.25) is 0 Å². The van der Waals surface area contributed by atoms with Crippen LogP contribution in [0.2, 0.25) is 4.34 Å². The Balaban J connectivity index is 1.92. The van der Waals surface area contributed by atoms with E-state index in [1.165, 1.54) is 4.88 Å². The van der Waals surface area contributed by atoms with E-state index in [1.54, 1.807) is 11.3 Å². The van der Waals surface area contributed by atoms with E-state index in [2.05, 4.69) is 26.4 Å². The van der Waals surface area contributed by atoms with E-state index in [-0.39, 0.29) is 0 Å². The van der Waals surface area contributed by atoms with Gasteiger partial charge >= 0.3 is 0 Å². The van der Waals surface area contributed by atoms with Crippen LogP contribution in [0.25, 0.3) is 0 Å². The highest BCUT2D eigenvalue weighted by Crippen LogP contribution is 2.31. The van der Waals surface area contributed by atoms with Gasteiger partial charge in [0.05, 0.1) is 5.69 Å². The van der Waals surface area contributed by atoms with Crippen molar-refractivity contribution in [2.45, 2.75) is 26.9 Å². The number of nitrogens with zero attached hydrogens (tertiary/aromatic N) is 1. The summed E-state index contributed by atoms with van der Waals surface area (Å²) >= 11 is 10.9. The van der Waals surface area contributed by atoms with Gasteiger partial charge in [0.25, 0.3) is 0 Å². The van der Waals surface area contributed by atoms with E-state index in [0.29, 0.717) is 0 Å². The lowest BCUT2D eigenvalue weighted by Crippen LogP contribution is -2.12. The summed E-state index contributed by atoms with van der Waals surface area (Å²) < 4.78 is 6.85. The molecule has 92 valence electrons. The molecular formula is C11H12BrClN2OS. The Hall–Kier alpha value is -0.360. The highest BCUT2D eigenvalue weighted by Gasteiger charge is 2.09. The largest absolute Gasteiger partial charge is 0.361 e. The van der Waals surface area contributed by atoms with Gasteiger partial charge in [-0.2, -0.15) is 0 Å². The summed E-state index contributed by atoms with van der Waals surface area (Å²) in [5.41, 5.74) is 2.08. The molecule has 0 aliphatic heterocycles. The maximum atomic E-state index is 5.98. The monoisotopic (exact) mass is 334 g/mol. The third-order valence-corrected chi connectivity index (χ3v) is 4.95. The van der Waals surface area contributed by atoms with Crippen LogP contribution in [0.1, 0.15) is 21.9 Å². The van der Waals surface area contributed by atoms with Crippen LogP contribution in [0.3, 0.4) is 0 Å². The number of nitrogens with one attached hydrogen (secondary N) is 1. The SMILES string of the molecule is Cc1noc(C)c1CNCc1cc(Br)c(Cl)s1. The predicted octanol–water partition coefficient (Wildman–Crippen LogP) is 4.06. The van der Waals surface area contributed by atoms with Gasteiger partial charge in [0.1, 0.15) is 10.1 Å². The number of hydrogen-bond donors (Lipinski definition) is 1. The van der Waals surface area contributed by atoms with Crippen LogP contribution in [0, 0.1) is 13.8 Å². The summed E-state index contributed by atoms with van der Waals surface area (Å²) in [5, 5.41) is 7.28. The Morgan fingerprint density at radius 1 is 1.47 bits per heavy atom. The second-order valence-corrected chi connectivity index (χ2v) is 6.33. The average molecular weight is 336 g/mol. The van der Waals surface area contributed by atoms with Crippen LogP contribution in [0.5, 0.6) is 0 Å². The minimum absolute atomic E-state index is 0.758. The molecule has 0 saturated carbocycles. The Bertz CT molecular complexity index is 485. The Morgan fingerprint density at radius 3 is 2.76 bits per heavy atom. The highest BCUT2D eigenvalue weighted by atomic mass is 79.9. The Morgan fingerprint density at radius 2 is 2.24 bits per heavy atom. The summed E-state index contributed by atoms with van der Waals surface area (Å²) in [4.78, 5) is 1.20. The standard InChI is InChI=1S/C11H12BrClN2OS/c1-6-9(7(2)16-15-6)5-14-4-8-3-10(12)11(13)17-8/h3,14H,4-5H2,1-2H3. The van der Waals surface area contributed by atoms with Crippen LogP contribution in [0.4, 0.5) is 0 Å². The lowest BCUT2D eigenvalue weighted by Gasteiger charge is -2.01. The molecule has 0 amide bonds. The summed E-state index contributed by atoms with van der Waals surface area (Å²) in [5.74, 6) is 0.875. The molecule has 0 aliphatic rings. The first kappa shape index (κ1) is 13.1. The molecular weight excluding hydrogens is 324 g/mol. The second-order valence-electron chi connectivity index (χ2n) is 3.74. The molecule has 0 atom stereocenters. The fraction of sp³-hybridized carbons (Fsp3) is 0.364. The topological polar surface area (TPSA) is 38.1 Å². The third kappa shape index (κ3) is 3.10. The van der Waals surface area contributed by atoms with Crippen molar-refractivity contribution < 1.29 is 4.52 Å². The molecule has 0 fully saturated rings. The average Bonchev–Trinajstić information content (AvgIpc) is 2.75. The molecule has 17 heavy (non-hydrogen) atoms. The normalized spacial score (nSPS) is 11.1. The molecule has 0 spiro atoms. The third-order valence-electron chi connectivity index (χ3n) is 2.48. The first-order valence-corrected chi connectivity index (χ1v) is 7.13. The Labute approximate surface area is 117 Å². The zero-order valence-corrected chi connectivity index (χ0v) is 12.7. The smallest absolute Gasteiger partial charge is 0.138 e. The highest BCUT2D eigenvalue weighted by molar-refractivity contribution is 9.10. The first-order chi connectivity index (χ1) is 8.08. The van der Waals surface area contributed by atoms with Gasteiger partial charge in [-0.05, 0) is 35.8 Å². The van der Waals surface area contributed by atoms with E-state index in [4.69, 9.17) is 16.1 Å². The van der Waals surface area contributed by atoms with Crippen LogP contribution in [-0.2, 0) is 13.1 Å². The lowest BCUT2D eigenvalue weighted by molar-refractivity contribution is 0.392. The summed E-state index contributed by atoms with van der Waals surface area (Å²) in [6.07, 6.45) is 0. The van der Waals surface area contributed by atoms with Gasteiger partial charge in [-0.25, -0.2) is 0 Å². The van der Waals surface area contributed by atoms with Crippen molar-refractivity contribution in [2.75, 3.05) is 0 Å². The Kier molecular flexibility index (Phi) is 4.25. The van der Waals surface area contributed by atoms with E-state index >= 15 is 0 Å². The fourth-order valence-electron chi connectivity index (χ4n) is 1.54. The molecule has 1 N–H and O–H groups in total. The number of thiophene rings is 1. The van der Waals surface area contributed by atoms with Crippen molar-refractivity contribution in [3.8, 4) is 0 Å². The number of aryl methyl sites for hydroxylation is 2. The number of hydrogen-bond acceptors (Lipinski definition) is 4. The first-order valence-electron chi connectivity index (χ1n) is 5.14. The summed E-state index contributed by atoms with van der Waals surface area (Å²) in [6, 6.07) is 2.04. The molecule has 2 rings (SSSR count). The zero-order valence-electron chi connectivity index (χ0n) is 9.51. The lowest BCUT2D eigenvalue weighted by atomic mass is 10.2. The number of halogens is 2. The van der Waals surface area contributed by atoms with Crippen LogP contribution in [0.15, 0.2) is 15.1 Å². The van der Waals surface area contributed by atoms with Crippen molar-refractivity contribution in [1.29, 1.82) is 0 Å². The number of aromatic nitrogens is 1. The molecule has 0 bridgehead atoms. The van der Waals surface area contributed by atoms with Crippen molar-refractivity contribution in [3.63, 3.8) is 0 Å². The minimum atomic E-state index is 0.758. The van der Waals surface area contributed by atoms with E-state index in [9.17, 15) is 0 Å². The van der Waals surface area contributed by atoms with Gasteiger partial charge in [0, 0.05) is 28.0 Å². The molecule has 0 aromatic carbocycles. The van der Waals surface area contributed by atoms with Crippen molar-refractivity contribution in [2.24, 2.45) is 0 Å². The number of rotatable bonds is 4. The van der Waals surface area contributed by atoms with Crippen LogP contribution in [-0.4, -0.2) is 5.16 Å². The molecule has 0 aliphatic carbocycles. The molecule has 0 radical (unpaired) electrons. The van der Waals surface area contributed by atoms with E-state index in [0.717, 1.165) is 38.9 Å². The minimum Gasteiger partial charge on any atom is -0.361 e. The van der Waals surface area contributed by atoms with Gasteiger partial charge in [0.15, 0.2) is 0 Å². The summed E-state index contributed by atoms with van der Waals surface area (Å²) in [7, 11) is 0. The van der Waals surface area contributed by atoms with Gasteiger partial charge in [-0.15, -0.1) is 11.3 Å². The molecule has 6 heteroatoms. The van der Waals surface area contributed by atoms with Gasteiger partial charge in [0.2, 0.25) is 0 Å². The second kappa shape index (κ2) is 5.52. The van der Waals surface area contributed by atoms with Crippen molar-refractivity contribution in [3.05, 3.63) is 36.8 Å². The molecule has 2 heterocycles. The van der Waals surface area contributed by atoms with Crippen molar-refractivity contribution >= 4 is 38.9 Å². The van der Waals surface area contributed by atoms with Gasteiger partial charge < -0.3 is 9.84 Å². The van der Waals surface area contributed by atoms with Crippen molar-refractivity contribution in [1.82, 2.24) is 10.5 Å². The fourth-order valence-corrected chi connectivity index (χ4v) is 3.30. The summed E-state index contributed by atoms with van der Waals surface area (Å²) in [6.45, 7) is 5.43. The zero-order chi connectivity index (χ0) is 12.4. The molecule has 3 nitrogen and oxygen atoms in total. The predicted molar refractivity (Wildman–Crippen MR) is 73.5 cm³/mol. The van der Waals surface area contributed by atoms with Gasteiger partial charge in [-0.1, -0.05) is 16.8 Å². The molecule has 0 saturated heterocycles.